The normalized spacial score (nSPS) is 22.7. The number of hydrogen-bond acceptors (Lipinski definition) is 4. The summed E-state index contributed by atoms with van der Waals surface area (Å²) in [5, 5.41) is 5.89. The average molecular weight is 297 g/mol. The van der Waals surface area contributed by atoms with Crippen molar-refractivity contribution in [3.63, 3.8) is 0 Å². The predicted molar refractivity (Wildman–Crippen MR) is 80.8 cm³/mol. The number of carbonyl (C=O) groups is 2. The van der Waals surface area contributed by atoms with Crippen molar-refractivity contribution in [1.29, 1.82) is 0 Å². The number of hydrogen-bond donors (Lipinski definition) is 2. The first-order chi connectivity index (χ1) is 10.7. The maximum absolute atomic E-state index is 12.2. The molecule has 1 aromatic carbocycles. The molecule has 4 rings (SSSR count). The van der Waals surface area contributed by atoms with E-state index in [1.165, 1.54) is 12.5 Å². The van der Waals surface area contributed by atoms with Crippen LogP contribution in [-0.4, -0.2) is 30.4 Å². The van der Waals surface area contributed by atoms with Crippen molar-refractivity contribution >= 4 is 23.2 Å². The fourth-order valence-corrected chi connectivity index (χ4v) is 3.16. The largest absolute Gasteiger partial charge is 0.472 e. The third kappa shape index (κ3) is 2.04. The molecule has 6 heteroatoms. The Morgan fingerprint density at radius 1 is 1.32 bits per heavy atom. The molecule has 1 aromatic heterocycles. The van der Waals surface area contributed by atoms with E-state index in [2.05, 4.69) is 15.5 Å². The molecule has 0 aliphatic carbocycles. The molecule has 1 fully saturated rings. The van der Waals surface area contributed by atoms with E-state index in [0.717, 1.165) is 11.4 Å². The molecule has 2 amide bonds. The Labute approximate surface area is 127 Å². The molecule has 2 aliphatic rings. The first-order valence-electron chi connectivity index (χ1n) is 7.22. The van der Waals surface area contributed by atoms with Gasteiger partial charge in [-0.15, -0.1) is 0 Å². The fourth-order valence-electron chi connectivity index (χ4n) is 3.16. The Bertz CT molecular complexity index is 726. The minimum Gasteiger partial charge on any atom is -0.472 e. The van der Waals surface area contributed by atoms with E-state index < -0.39 is 0 Å². The molecule has 2 aliphatic heterocycles. The van der Waals surface area contributed by atoms with E-state index >= 15 is 0 Å². The van der Waals surface area contributed by atoms with Crippen molar-refractivity contribution in [1.82, 2.24) is 5.32 Å². The summed E-state index contributed by atoms with van der Waals surface area (Å²) in [5.41, 5.74) is 2.33. The van der Waals surface area contributed by atoms with Crippen LogP contribution in [0.1, 0.15) is 16.8 Å². The number of benzene rings is 1. The second-order valence-electron chi connectivity index (χ2n) is 5.59. The SMILES string of the molecule is O=C(NC1CC2C(=O)Nc3ccccc3N2C1)c1ccoc1. The van der Waals surface area contributed by atoms with Crippen LogP contribution in [0.4, 0.5) is 11.4 Å². The van der Waals surface area contributed by atoms with Gasteiger partial charge in [0.15, 0.2) is 0 Å². The Balaban J connectivity index is 1.54. The Kier molecular flexibility index (Phi) is 2.89. The smallest absolute Gasteiger partial charge is 0.254 e. The third-order valence-corrected chi connectivity index (χ3v) is 4.19. The zero-order valence-electron chi connectivity index (χ0n) is 11.8. The van der Waals surface area contributed by atoms with E-state index in [1.807, 2.05) is 24.3 Å². The second kappa shape index (κ2) is 4.91. The topological polar surface area (TPSA) is 74.6 Å². The van der Waals surface area contributed by atoms with Gasteiger partial charge in [-0.25, -0.2) is 0 Å². The van der Waals surface area contributed by atoms with Crippen molar-refractivity contribution in [3.8, 4) is 0 Å². The highest BCUT2D eigenvalue weighted by Gasteiger charge is 2.41. The van der Waals surface area contributed by atoms with Crippen molar-refractivity contribution in [2.75, 3.05) is 16.8 Å². The molecule has 2 unspecified atom stereocenters. The molecule has 2 aromatic rings. The lowest BCUT2D eigenvalue weighted by molar-refractivity contribution is -0.117. The first kappa shape index (κ1) is 12.9. The van der Waals surface area contributed by atoms with E-state index in [-0.39, 0.29) is 23.9 Å². The minimum absolute atomic E-state index is 0.0150. The molecule has 2 atom stereocenters. The Morgan fingerprint density at radius 3 is 3.00 bits per heavy atom. The first-order valence-corrected chi connectivity index (χ1v) is 7.22. The van der Waals surface area contributed by atoms with E-state index in [1.54, 1.807) is 6.07 Å². The summed E-state index contributed by atoms with van der Waals surface area (Å²) < 4.78 is 4.92. The summed E-state index contributed by atoms with van der Waals surface area (Å²) in [6.45, 7) is 0.624. The summed E-state index contributed by atoms with van der Waals surface area (Å²) in [6.07, 6.45) is 3.49. The number of nitrogens with zero attached hydrogens (tertiary/aromatic N) is 1. The summed E-state index contributed by atoms with van der Waals surface area (Å²) in [7, 11) is 0. The summed E-state index contributed by atoms with van der Waals surface area (Å²) in [6, 6.07) is 9.05. The zero-order chi connectivity index (χ0) is 15.1. The summed E-state index contributed by atoms with van der Waals surface area (Å²) in [5.74, 6) is -0.189. The van der Waals surface area contributed by atoms with Crippen LogP contribution < -0.4 is 15.5 Å². The number of furan rings is 1. The molecule has 6 nitrogen and oxygen atoms in total. The molecule has 0 spiro atoms. The number of anilines is 2. The average Bonchev–Trinajstić information content (AvgIpc) is 3.17. The maximum atomic E-state index is 12.2. The van der Waals surface area contributed by atoms with Crippen LogP contribution in [0.15, 0.2) is 47.3 Å². The molecule has 112 valence electrons. The van der Waals surface area contributed by atoms with Gasteiger partial charge in [0, 0.05) is 12.6 Å². The van der Waals surface area contributed by atoms with Crippen molar-refractivity contribution in [3.05, 3.63) is 48.4 Å². The van der Waals surface area contributed by atoms with Crippen LogP contribution in [0.2, 0.25) is 0 Å². The molecule has 0 radical (unpaired) electrons. The van der Waals surface area contributed by atoms with Crippen LogP contribution in [0.5, 0.6) is 0 Å². The second-order valence-corrected chi connectivity index (χ2v) is 5.59. The van der Waals surface area contributed by atoms with Crippen molar-refractivity contribution in [2.24, 2.45) is 0 Å². The molecule has 2 N–H and O–H groups in total. The summed E-state index contributed by atoms with van der Waals surface area (Å²) in [4.78, 5) is 26.4. The van der Waals surface area contributed by atoms with Gasteiger partial charge < -0.3 is 20.0 Å². The highest BCUT2D eigenvalue weighted by Crippen LogP contribution is 2.36. The molecule has 1 saturated heterocycles. The standard InChI is InChI=1S/C16H15N3O3/c20-15(10-5-6-22-9-10)17-11-7-14-16(21)18-12-3-1-2-4-13(12)19(14)8-11/h1-6,9,11,14H,7-8H2,(H,17,20)(H,18,21). The maximum Gasteiger partial charge on any atom is 0.254 e. The van der Waals surface area contributed by atoms with Crippen molar-refractivity contribution in [2.45, 2.75) is 18.5 Å². The minimum atomic E-state index is -0.232. The Hall–Kier alpha value is -2.76. The lowest BCUT2D eigenvalue weighted by Gasteiger charge is -2.32. The number of carbonyl (C=O) groups excluding carboxylic acids is 2. The van der Waals surface area contributed by atoms with Gasteiger partial charge in [0.25, 0.3) is 5.91 Å². The number of para-hydroxylation sites is 2. The number of rotatable bonds is 2. The van der Waals surface area contributed by atoms with Gasteiger partial charge >= 0.3 is 0 Å². The van der Waals surface area contributed by atoms with Crippen LogP contribution in [0.25, 0.3) is 0 Å². The molecule has 22 heavy (non-hydrogen) atoms. The molecule has 0 bridgehead atoms. The van der Waals surface area contributed by atoms with Crippen LogP contribution in [-0.2, 0) is 4.79 Å². The lowest BCUT2D eigenvalue weighted by Crippen LogP contribution is -2.44. The monoisotopic (exact) mass is 297 g/mol. The van der Waals surface area contributed by atoms with Gasteiger partial charge in [0.1, 0.15) is 12.3 Å². The molecular weight excluding hydrogens is 282 g/mol. The van der Waals surface area contributed by atoms with E-state index in [0.29, 0.717) is 18.5 Å². The number of nitrogens with one attached hydrogen (secondary N) is 2. The quantitative estimate of drug-likeness (QED) is 0.883. The van der Waals surface area contributed by atoms with E-state index in [9.17, 15) is 9.59 Å². The van der Waals surface area contributed by atoms with Gasteiger partial charge in [-0.05, 0) is 24.6 Å². The highest BCUT2D eigenvalue weighted by atomic mass is 16.3. The fraction of sp³-hybridized carbons (Fsp3) is 0.250. The predicted octanol–water partition coefficient (Wildman–Crippen LogP) is 1.61. The van der Waals surface area contributed by atoms with Crippen LogP contribution in [0, 0.1) is 0 Å². The van der Waals surface area contributed by atoms with Gasteiger partial charge in [-0.2, -0.15) is 0 Å². The lowest BCUT2D eigenvalue weighted by atomic mass is 10.1. The molecule has 0 saturated carbocycles. The van der Waals surface area contributed by atoms with E-state index in [4.69, 9.17) is 4.42 Å². The van der Waals surface area contributed by atoms with Gasteiger partial charge in [0.2, 0.25) is 5.91 Å². The van der Waals surface area contributed by atoms with Crippen LogP contribution >= 0.6 is 0 Å². The number of amides is 2. The third-order valence-electron chi connectivity index (χ3n) is 4.19. The molecular formula is C16H15N3O3. The van der Waals surface area contributed by atoms with Crippen molar-refractivity contribution < 1.29 is 14.0 Å². The highest BCUT2D eigenvalue weighted by molar-refractivity contribution is 6.04. The summed E-state index contributed by atoms with van der Waals surface area (Å²) >= 11 is 0. The molecule has 3 heterocycles. The van der Waals surface area contributed by atoms with Crippen LogP contribution in [0.3, 0.4) is 0 Å². The van der Waals surface area contributed by atoms with Gasteiger partial charge in [-0.1, -0.05) is 12.1 Å². The van der Waals surface area contributed by atoms with Gasteiger partial charge in [-0.3, -0.25) is 9.59 Å². The zero-order valence-corrected chi connectivity index (χ0v) is 11.8. The number of fused-ring (bicyclic) bond motifs is 3. The van der Waals surface area contributed by atoms with Gasteiger partial charge in [0.05, 0.1) is 23.2 Å². The Morgan fingerprint density at radius 2 is 2.18 bits per heavy atom.